The van der Waals surface area contributed by atoms with Crippen LogP contribution in [0, 0.1) is 11.3 Å². The molecule has 1 unspecified atom stereocenters. The molecule has 0 aliphatic carbocycles. The second-order valence-electron chi connectivity index (χ2n) is 2.65. The summed E-state index contributed by atoms with van der Waals surface area (Å²) in [5, 5.41) is 8.85. The van der Waals surface area contributed by atoms with Crippen molar-refractivity contribution in [3.63, 3.8) is 0 Å². The van der Waals surface area contributed by atoms with Crippen LogP contribution in [0.3, 0.4) is 0 Å². The zero-order valence-corrected chi connectivity index (χ0v) is 9.30. The smallest absolute Gasteiger partial charge is 0.239 e. The number of carbonyl (C=O) groups excluding carboxylic acids is 1. The lowest BCUT2D eigenvalue weighted by molar-refractivity contribution is -0.128. The van der Waals surface area contributed by atoms with Gasteiger partial charge in [0, 0.05) is 6.54 Å². The minimum absolute atomic E-state index is 0.0353. The zero-order valence-electron chi connectivity index (χ0n) is 6.39. The SMILES string of the molecule is N#CC1(I)CCCN1C(=O)CCl. The number of alkyl halides is 2. The highest BCUT2D eigenvalue weighted by Crippen LogP contribution is 2.34. The quantitative estimate of drug-likeness (QED) is 0.418. The van der Waals surface area contributed by atoms with E-state index in [2.05, 4.69) is 6.07 Å². The molecule has 3 nitrogen and oxygen atoms in total. The Hall–Kier alpha value is -0.0200. The van der Waals surface area contributed by atoms with Gasteiger partial charge in [-0.25, -0.2) is 0 Å². The molecule has 1 rings (SSSR count). The van der Waals surface area contributed by atoms with Crippen LogP contribution in [-0.2, 0) is 4.79 Å². The van der Waals surface area contributed by atoms with E-state index >= 15 is 0 Å². The molecule has 5 heteroatoms. The van der Waals surface area contributed by atoms with Gasteiger partial charge in [-0.05, 0) is 35.4 Å². The number of nitriles is 1. The predicted octanol–water partition coefficient (Wildman–Crippen LogP) is 1.50. The molecule has 0 spiro atoms. The van der Waals surface area contributed by atoms with Crippen molar-refractivity contribution in [1.29, 1.82) is 5.26 Å². The van der Waals surface area contributed by atoms with Crippen LogP contribution in [0.25, 0.3) is 0 Å². The van der Waals surface area contributed by atoms with Crippen molar-refractivity contribution in [1.82, 2.24) is 4.90 Å². The molecule has 66 valence electrons. The van der Waals surface area contributed by atoms with Gasteiger partial charge >= 0.3 is 0 Å². The standard InChI is InChI=1S/C7H8ClIN2O/c8-4-6(12)11-3-1-2-7(11,9)5-10/h1-4H2. The number of hydrogen-bond donors (Lipinski definition) is 0. The van der Waals surface area contributed by atoms with Crippen LogP contribution in [-0.4, -0.2) is 26.8 Å². The van der Waals surface area contributed by atoms with Crippen LogP contribution < -0.4 is 0 Å². The largest absolute Gasteiger partial charge is 0.315 e. The highest BCUT2D eigenvalue weighted by molar-refractivity contribution is 14.1. The minimum Gasteiger partial charge on any atom is -0.315 e. The van der Waals surface area contributed by atoms with Gasteiger partial charge in [0.25, 0.3) is 0 Å². The van der Waals surface area contributed by atoms with E-state index in [0.717, 1.165) is 12.8 Å². The van der Waals surface area contributed by atoms with Crippen LogP contribution in [0.2, 0.25) is 0 Å². The Kier molecular flexibility index (Phi) is 3.18. The van der Waals surface area contributed by atoms with E-state index in [-0.39, 0.29) is 11.8 Å². The lowest BCUT2D eigenvalue weighted by atomic mass is 10.2. The van der Waals surface area contributed by atoms with Crippen molar-refractivity contribution >= 4 is 40.1 Å². The molecule has 1 atom stereocenters. The third-order valence-electron chi connectivity index (χ3n) is 1.90. The highest BCUT2D eigenvalue weighted by atomic mass is 127. The average molecular weight is 299 g/mol. The molecule has 0 aromatic carbocycles. The van der Waals surface area contributed by atoms with E-state index in [1.165, 1.54) is 0 Å². The molecule has 1 saturated heterocycles. The summed E-state index contributed by atoms with van der Waals surface area (Å²) in [6.07, 6.45) is 1.63. The Balaban J connectivity index is 2.78. The van der Waals surface area contributed by atoms with E-state index in [1.54, 1.807) is 4.90 Å². The Labute approximate surface area is 89.8 Å². The fourth-order valence-corrected chi connectivity index (χ4v) is 2.33. The maximum Gasteiger partial charge on any atom is 0.239 e. The number of hydrogen-bond acceptors (Lipinski definition) is 2. The first-order valence-electron chi connectivity index (χ1n) is 3.60. The van der Waals surface area contributed by atoms with Gasteiger partial charge in [-0.1, -0.05) is 0 Å². The summed E-state index contributed by atoms with van der Waals surface area (Å²) in [6.45, 7) is 0.655. The van der Waals surface area contributed by atoms with Crippen molar-refractivity contribution in [2.45, 2.75) is 16.4 Å². The number of rotatable bonds is 1. The summed E-state index contributed by atoms with van der Waals surface area (Å²) in [6, 6.07) is 2.14. The van der Waals surface area contributed by atoms with Gasteiger partial charge in [0.05, 0.1) is 0 Å². The topological polar surface area (TPSA) is 44.1 Å². The van der Waals surface area contributed by atoms with Gasteiger partial charge in [-0.2, -0.15) is 5.26 Å². The predicted molar refractivity (Wildman–Crippen MR) is 54.0 cm³/mol. The third-order valence-corrected chi connectivity index (χ3v) is 3.50. The summed E-state index contributed by atoms with van der Waals surface area (Å²) >= 11 is 7.43. The second-order valence-corrected chi connectivity index (χ2v) is 4.71. The van der Waals surface area contributed by atoms with Crippen LogP contribution in [0.4, 0.5) is 0 Å². The zero-order chi connectivity index (χ0) is 9.19. The van der Waals surface area contributed by atoms with Crippen molar-refractivity contribution in [3.05, 3.63) is 0 Å². The molecule has 1 aliphatic rings. The van der Waals surface area contributed by atoms with E-state index in [0.29, 0.717) is 6.54 Å². The first-order chi connectivity index (χ1) is 5.64. The summed E-state index contributed by atoms with van der Waals surface area (Å²) in [5.74, 6) is -0.183. The van der Waals surface area contributed by atoms with E-state index in [9.17, 15) is 4.79 Å². The molecule has 0 bridgehead atoms. The number of carbonyl (C=O) groups is 1. The maximum absolute atomic E-state index is 11.2. The molecule has 0 radical (unpaired) electrons. The monoisotopic (exact) mass is 298 g/mol. The van der Waals surface area contributed by atoms with Gasteiger partial charge in [-0.3, -0.25) is 4.79 Å². The number of likely N-dealkylation sites (tertiary alicyclic amines) is 1. The van der Waals surface area contributed by atoms with Crippen LogP contribution in [0.15, 0.2) is 0 Å². The van der Waals surface area contributed by atoms with Crippen LogP contribution in [0.1, 0.15) is 12.8 Å². The normalized spacial score (nSPS) is 28.6. The van der Waals surface area contributed by atoms with Gasteiger partial charge in [-0.15, -0.1) is 11.6 Å². The van der Waals surface area contributed by atoms with Gasteiger partial charge in [0.2, 0.25) is 5.91 Å². The summed E-state index contributed by atoms with van der Waals surface area (Å²) in [7, 11) is 0. The van der Waals surface area contributed by atoms with Crippen molar-refractivity contribution in [3.8, 4) is 6.07 Å². The molecule has 0 N–H and O–H groups in total. The fourth-order valence-electron chi connectivity index (χ4n) is 1.29. The Morgan fingerprint density at radius 3 is 3.00 bits per heavy atom. The molecule has 1 heterocycles. The van der Waals surface area contributed by atoms with Crippen molar-refractivity contribution in [2.75, 3.05) is 12.4 Å². The molecule has 1 amide bonds. The summed E-state index contributed by atoms with van der Waals surface area (Å²) in [5.41, 5.74) is 0. The summed E-state index contributed by atoms with van der Waals surface area (Å²) in [4.78, 5) is 12.8. The van der Waals surface area contributed by atoms with Crippen LogP contribution in [0.5, 0.6) is 0 Å². The first-order valence-corrected chi connectivity index (χ1v) is 5.22. The molecular formula is C7H8ClIN2O. The number of halogens is 2. The minimum atomic E-state index is -0.649. The van der Waals surface area contributed by atoms with Crippen molar-refractivity contribution < 1.29 is 4.79 Å². The first kappa shape index (κ1) is 10.1. The number of amides is 1. The van der Waals surface area contributed by atoms with Crippen LogP contribution >= 0.6 is 34.2 Å². The average Bonchev–Trinajstić information content (AvgIpc) is 2.47. The van der Waals surface area contributed by atoms with Gasteiger partial charge in [0.1, 0.15) is 11.9 Å². The van der Waals surface area contributed by atoms with E-state index in [1.807, 2.05) is 22.6 Å². The lowest BCUT2D eigenvalue weighted by Gasteiger charge is -2.26. The van der Waals surface area contributed by atoms with E-state index in [4.69, 9.17) is 16.9 Å². The van der Waals surface area contributed by atoms with Gasteiger partial charge < -0.3 is 4.90 Å². The molecular weight excluding hydrogens is 290 g/mol. The van der Waals surface area contributed by atoms with E-state index < -0.39 is 3.55 Å². The summed E-state index contributed by atoms with van der Waals surface area (Å²) < 4.78 is -0.649. The maximum atomic E-state index is 11.2. The third kappa shape index (κ3) is 1.67. The molecule has 0 saturated carbocycles. The molecule has 1 fully saturated rings. The molecule has 0 aromatic rings. The molecule has 0 aromatic heterocycles. The Bertz CT molecular complexity index is 240. The van der Waals surface area contributed by atoms with Crippen molar-refractivity contribution in [2.24, 2.45) is 0 Å². The van der Waals surface area contributed by atoms with Gasteiger partial charge in [0.15, 0.2) is 3.55 Å². The molecule has 12 heavy (non-hydrogen) atoms. The Morgan fingerprint density at radius 2 is 2.50 bits per heavy atom. The highest BCUT2D eigenvalue weighted by Gasteiger charge is 2.41. The lowest BCUT2D eigenvalue weighted by Crippen LogP contribution is -2.42. The Morgan fingerprint density at radius 1 is 1.83 bits per heavy atom. The second kappa shape index (κ2) is 3.79. The molecule has 1 aliphatic heterocycles. The fraction of sp³-hybridized carbons (Fsp3) is 0.714. The number of nitrogens with zero attached hydrogens (tertiary/aromatic N) is 2.